The van der Waals surface area contributed by atoms with Gasteiger partial charge in [0.1, 0.15) is 11.6 Å². The van der Waals surface area contributed by atoms with E-state index in [1.54, 1.807) is 24.5 Å². The van der Waals surface area contributed by atoms with Crippen LogP contribution in [0.15, 0.2) is 48.9 Å². The highest BCUT2D eigenvalue weighted by atomic mass is 35.5. The number of fused-ring (bicyclic) bond motifs is 1. The van der Waals surface area contributed by atoms with Crippen molar-refractivity contribution >= 4 is 23.5 Å². The van der Waals surface area contributed by atoms with E-state index in [-0.39, 0.29) is 24.2 Å². The molecule has 4 heterocycles. The van der Waals surface area contributed by atoms with Gasteiger partial charge in [0.05, 0.1) is 36.5 Å². The molecule has 1 saturated carbocycles. The zero-order valence-corrected chi connectivity index (χ0v) is 23.1. The third-order valence-corrected chi connectivity index (χ3v) is 8.99. The zero-order valence-electron chi connectivity index (χ0n) is 22.3. The van der Waals surface area contributed by atoms with Crippen LogP contribution in [-0.4, -0.2) is 51.6 Å². The second-order valence-electron chi connectivity index (χ2n) is 11.1. The van der Waals surface area contributed by atoms with Gasteiger partial charge in [0.15, 0.2) is 0 Å². The van der Waals surface area contributed by atoms with Gasteiger partial charge in [-0.1, -0.05) is 17.7 Å². The number of piperidine rings is 1. The van der Waals surface area contributed by atoms with E-state index >= 15 is 0 Å². The third kappa shape index (κ3) is 5.76. The summed E-state index contributed by atoms with van der Waals surface area (Å²) in [5, 5.41) is 0.560. The topological polar surface area (TPSA) is 63.5 Å². The van der Waals surface area contributed by atoms with E-state index in [4.69, 9.17) is 16.3 Å². The van der Waals surface area contributed by atoms with Crippen LogP contribution in [0.5, 0.6) is 5.75 Å². The number of carbonyl (C=O) groups excluding carboxylic acids is 1. The van der Waals surface area contributed by atoms with Crippen molar-refractivity contribution in [2.24, 2.45) is 17.8 Å². The average molecular weight is 552 g/mol. The van der Waals surface area contributed by atoms with Gasteiger partial charge in [-0.05, 0) is 74.1 Å². The molecule has 2 fully saturated rings. The van der Waals surface area contributed by atoms with Gasteiger partial charge in [0.2, 0.25) is 11.9 Å². The molecule has 3 aliphatic rings. The van der Waals surface area contributed by atoms with Crippen LogP contribution in [0.25, 0.3) is 0 Å². The van der Waals surface area contributed by atoms with Crippen LogP contribution in [0, 0.1) is 23.6 Å². The molecule has 0 radical (unpaired) electrons. The molecule has 3 atom stereocenters. The summed E-state index contributed by atoms with van der Waals surface area (Å²) in [7, 11) is 0. The van der Waals surface area contributed by atoms with Crippen LogP contribution in [0.1, 0.15) is 49.9 Å². The smallest absolute Gasteiger partial charge is 0.227 e. The van der Waals surface area contributed by atoms with Crippen LogP contribution < -0.4 is 9.64 Å². The Balaban J connectivity index is 0.933. The normalized spacial score (nSPS) is 23.0. The minimum absolute atomic E-state index is 0.0109. The maximum absolute atomic E-state index is 14.9. The number of carbonyl (C=O) groups is 1. The maximum atomic E-state index is 14.9. The van der Waals surface area contributed by atoms with Gasteiger partial charge in [-0.2, -0.15) is 0 Å². The molecular weight excluding hydrogens is 517 g/mol. The first-order valence-corrected chi connectivity index (χ1v) is 14.4. The highest BCUT2D eigenvalue weighted by Crippen LogP contribution is 2.49. The van der Waals surface area contributed by atoms with Crippen molar-refractivity contribution in [3.05, 3.63) is 71.0 Å². The molecule has 0 spiro atoms. The van der Waals surface area contributed by atoms with Crippen LogP contribution in [0.4, 0.5) is 10.3 Å². The number of rotatable bonds is 8. The third-order valence-electron chi connectivity index (χ3n) is 8.80. The highest BCUT2D eigenvalue weighted by molar-refractivity contribution is 6.30. The zero-order chi connectivity index (χ0) is 26.9. The van der Waals surface area contributed by atoms with Crippen molar-refractivity contribution in [2.75, 3.05) is 31.1 Å². The minimum Gasteiger partial charge on any atom is -0.493 e. The Morgan fingerprint density at radius 1 is 1.13 bits per heavy atom. The Hall–Kier alpha value is -3.13. The van der Waals surface area contributed by atoms with E-state index in [0.29, 0.717) is 35.4 Å². The molecule has 3 unspecified atom stereocenters. The molecule has 6 rings (SSSR count). The number of halogens is 2. The lowest BCUT2D eigenvalue weighted by Gasteiger charge is -2.35. The van der Waals surface area contributed by atoms with E-state index < -0.39 is 0 Å². The Bertz CT molecular complexity index is 1310. The van der Waals surface area contributed by atoms with Crippen LogP contribution in [0.3, 0.4) is 0 Å². The van der Waals surface area contributed by atoms with Crippen LogP contribution >= 0.6 is 11.6 Å². The SMILES string of the molecule is CC1c2cccn2CCN1C(=O)Cc1ccc(OCCC2CC2C2CCN(c3ncc(Cl)cn3)CC2)cc1F. The number of hydrogen-bond acceptors (Lipinski definition) is 5. The fourth-order valence-corrected chi connectivity index (χ4v) is 6.55. The quantitative estimate of drug-likeness (QED) is 0.368. The number of nitrogens with zero attached hydrogens (tertiary/aromatic N) is 5. The molecule has 206 valence electrons. The van der Waals surface area contributed by atoms with Gasteiger partial charge in [-0.3, -0.25) is 4.79 Å². The molecule has 2 aliphatic heterocycles. The monoisotopic (exact) mass is 551 g/mol. The van der Waals surface area contributed by atoms with Gasteiger partial charge < -0.3 is 19.1 Å². The predicted molar refractivity (Wildman–Crippen MR) is 148 cm³/mol. The predicted octanol–water partition coefficient (Wildman–Crippen LogP) is 5.54. The number of ether oxygens (including phenoxy) is 1. The molecule has 7 nitrogen and oxygen atoms in total. The second-order valence-corrected chi connectivity index (χ2v) is 11.6. The first kappa shape index (κ1) is 26.1. The largest absolute Gasteiger partial charge is 0.493 e. The van der Waals surface area contributed by atoms with Crippen LogP contribution in [-0.2, 0) is 17.8 Å². The molecule has 1 amide bonds. The fraction of sp³-hybridized carbons (Fsp3) is 0.500. The molecule has 1 aromatic carbocycles. The van der Waals surface area contributed by atoms with Crippen molar-refractivity contribution < 1.29 is 13.9 Å². The molecule has 0 bridgehead atoms. The van der Waals surface area contributed by atoms with Gasteiger partial charge in [-0.25, -0.2) is 14.4 Å². The van der Waals surface area contributed by atoms with E-state index in [0.717, 1.165) is 62.4 Å². The Labute approximate surface area is 233 Å². The Morgan fingerprint density at radius 2 is 1.92 bits per heavy atom. The van der Waals surface area contributed by atoms with Crippen molar-refractivity contribution in [1.29, 1.82) is 0 Å². The summed E-state index contributed by atoms with van der Waals surface area (Å²) >= 11 is 5.91. The van der Waals surface area contributed by atoms with Crippen molar-refractivity contribution in [3.8, 4) is 5.75 Å². The summed E-state index contributed by atoms with van der Waals surface area (Å²) in [5.74, 6) is 3.04. The summed E-state index contributed by atoms with van der Waals surface area (Å²) in [6.07, 6.45) is 9.95. The fourth-order valence-electron chi connectivity index (χ4n) is 6.45. The number of benzene rings is 1. The summed E-state index contributed by atoms with van der Waals surface area (Å²) < 4.78 is 22.9. The second kappa shape index (κ2) is 11.2. The van der Waals surface area contributed by atoms with E-state index in [2.05, 4.69) is 19.4 Å². The van der Waals surface area contributed by atoms with E-state index in [1.165, 1.54) is 12.5 Å². The van der Waals surface area contributed by atoms with Crippen LogP contribution in [0.2, 0.25) is 5.02 Å². The minimum atomic E-state index is -0.380. The first-order valence-electron chi connectivity index (χ1n) is 14.0. The van der Waals surface area contributed by atoms with Gasteiger partial charge in [0.25, 0.3) is 0 Å². The summed E-state index contributed by atoms with van der Waals surface area (Å²) in [6, 6.07) is 8.94. The lowest BCUT2D eigenvalue weighted by Crippen LogP contribution is -2.41. The molecule has 2 aromatic heterocycles. The number of amides is 1. The van der Waals surface area contributed by atoms with Gasteiger partial charge in [0, 0.05) is 44.1 Å². The molecule has 1 saturated heterocycles. The summed E-state index contributed by atoms with van der Waals surface area (Å²) in [5.41, 5.74) is 1.54. The summed E-state index contributed by atoms with van der Waals surface area (Å²) in [4.78, 5) is 25.8. The Kier molecular flexibility index (Phi) is 7.47. The van der Waals surface area contributed by atoms with E-state index in [9.17, 15) is 9.18 Å². The van der Waals surface area contributed by atoms with Crippen molar-refractivity contribution in [1.82, 2.24) is 19.4 Å². The first-order chi connectivity index (χ1) is 19.0. The lowest BCUT2D eigenvalue weighted by molar-refractivity contribution is -0.133. The number of hydrogen-bond donors (Lipinski definition) is 0. The van der Waals surface area contributed by atoms with Gasteiger partial charge >= 0.3 is 0 Å². The molecular formula is C30H35ClFN5O2. The van der Waals surface area contributed by atoms with Gasteiger partial charge in [-0.15, -0.1) is 0 Å². The summed E-state index contributed by atoms with van der Waals surface area (Å²) in [6.45, 7) is 5.98. The van der Waals surface area contributed by atoms with Crippen molar-refractivity contribution in [3.63, 3.8) is 0 Å². The average Bonchev–Trinajstić information content (AvgIpc) is 3.54. The molecule has 9 heteroatoms. The number of anilines is 1. The molecule has 3 aromatic rings. The highest BCUT2D eigenvalue weighted by Gasteiger charge is 2.43. The van der Waals surface area contributed by atoms with E-state index in [1.807, 2.05) is 30.2 Å². The number of aromatic nitrogens is 3. The standard InChI is InChI=1S/C30H35ClFN5O2/c1-20-28-3-2-9-35(28)12-13-37(20)29(38)16-23-4-5-25(17-27(23)32)39-14-8-22-15-26(22)21-6-10-36(11-7-21)30-33-18-24(31)19-34-30/h2-5,9,17-22,26H,6-8,10-16H2,1H3. The molecule has 39 heavy (non-hydrogen) atoms. The Morgan fingerprint density at radius 3 is 2.69 bits per heavy atom. The van der Waals surface area contributed by atoms with Crippen molar-refractivity contribution in [2.45, 2.75) is 51.6 Å². The maximum Gasteiger partial charge on any atom is 0.227 e. The molecule has 0 N–H and O–H groups in total. The molecule has 1 aliphatic carbocycles. The lowest BCUT2D eigenvalue weighted by atomic mass is 9.90.